The highest BCUT2D eigenvalue weighted by Gasteiger charge is 2.32. The van der Waals surface area contributed by atoms with E-state index in [1.54, 1.807) is 6.07 Å². The highest BCUT2D eigenvalue weighted by atomic mass is 35.5. The molecule has 0 bridgehead atoms. The Kier molecular flexibility index (Phi) is 4.83. The van der Waals surface area contributed by atoms with E-state index in [0.717, 1.165) is 40.1 Å². The lowest BCUT2D eigenvalue weighted by Gasteiger charge is -2.16. The zero-order chi connectivity index (χ0) is 17.3. The van der Waals surface area contributed by atoms with Crippen LogP contribution < -0.4 is 10.3 Å². The molecule has 10 heteroatoms. The number of carbonyl (C=O) groups is 2. The third-order valence-electron chi connectivity index (χ3n) is 2.97. The number of amides is 2. The van der Waals surface area contributed by atoms with Crippen molar-refractivity contribution >= 4 is 57.4 Å². The number of carbonyl (C=O) groups excluding carboxylic acids is 2. The van der Waals surface area contributed by atoms with E-state index in [1.807, 2.05) is 0 Å². The van der Waals surface area contributed by atoms with Gasteiger partial charge in [0.1, 0.15) is 11.6 Å². The monoisotopic (exact) mass is 387 g/mol. The summed E-state index contributed by atoms with van der Waals surface area (Å²) >= 11 is 7.87. The van der Waals surface area contributed by atoms with Crippen LogP contribution in [0.5, 0.6) is 0 Å². The highest BCUT2D eigenvalue weighted by molar-refractivity contribution is 8.15. The molecule has 2 amide bonds. The van der Waals surface area contributed by atoms with Gasteiger partial charge >= 0.3 is 0 Å². The molecule has 1 aromatic carbocycles. The molecule has 0 atom stereocenters. The Morgan fingerprint density at radius 2 is 2.08 bits per heavy atom. The topological polar surface area (TPSA) is 61.8 Å². The van der Waals surface area contributed by atoms with Crippen LogP contribution in [-0.2, 0) is 4.79 Å². The predicted molar refractivity (Wildman–Crippen MR) is 90.5 cm³/mol. The second kappa shape index (κ2) is 6.88. The summed E-state index contributed by atoms with van der Waals surface area (Å²) in [6.45, 7) is 0. The molecule has 5 nitrogen and oxygen atoms in total. The first-order valence-corrected chi connectivity index (χ1v) is 8.68. The van der Waals surface area contributed by atoms with Crippen molar-refractivity contribution in [1.82, 2.24) is 5.43 Å². The van der Waals surface area contributed by atoms with E-state index >= 15 is 0 Å². The standard InChI is InChI=1S/C14H8ClF2N3O2S2/c15-11-4-3-10(24-11)13(22)18-19-14-20(12(21)6-23-14)9-2-1-7(16)5-8(9)17/h1-5H,6H2,(H,18,22)/b19-14-. The second-order valence-electron chi connectivity index (χ2n) is 4.55. The van der Waals surface area contributed by atoms with Gasteiger partial charge in [0.2, 0.25) is 5.91 Å². The van der Waals surface area contributed by atoms with E-state index in [4.69, 9.17) is 11.6 Å². The van der Waals surface area contributed by atoms with Crippen molar-refractivity contribution in [3.63, 3.8) is 0 Å². The minimum absolute atomic E-state index is 0.0380. The maximum absolute atomic E-state index is 13.9. The minimum Gasteiger partial charge on any atom is -0.273 e. The largest absolute Gasteiger partial charge is 0.281 e. The summed E-state index contributed by atoms with van der Waals surface area (Å²) in [7, 11) is 0. The van der Waals surface area contributed by atoms with Gasteiger partial charge in [-0.05, 0) is 24.3 Å². The summed E-state index contributed by atoms with van der Waals surface area (Å²) in [5.41, 5.74) is 2.17. The predicted octanol–water partition coefficient (Wildman–Crippen LogP) is 3.46. The van der Waals surface area contributed by atoms with E-state index in [2.05, 4.69) is 10.5 Å². The number of rotatable bonds is 3. The molecule has 0 aliphatic carbocycles. The number of hydrogen-bond donors (Lipinski definition) is 1. The summed E-state index contributed by atoms with van der Waals surface area (Å²) in [6.07, 6.45) is 0. The van der Waals surface area contributed by atoms with Crippen molar-refractivity contribution in [3.8, 4) is 0 Å². The Bertz CT molecular complexity index is 856. The van der Waals surface area contributed by atoms with E-state index < -0.39 is 23.4 Å². The van der Waals surface area contributed by atoms with Gasteiger partial charge in [-0.1, -0.05) is 23.4 Å². The van der Waals surface area contributed by atoms with Gasteiger partial charge in [-0.3, -0.25) is 14.5 Å². The molecular weight excluding hydrogens is 380 g/mol. The fourth-order valence-electron chi connectivity index (χ4n) is 1.93. The van der Waals surface area contributed by atoms with Gasteiger partial charge in [0.15, 0.2) is 5.17 Å². The van der Waals surface area contributed by atoms with Crippen LogP contribution in [0.2, 0.25) is 4.34 Å². The van der Waals surface area contributed by atoms with Gasteiger partial charge in [-0.15, -0.1) is 16.4 Å². The summed E-state index contributed by atoms with van der Waals surface area (Å²) in [5, 5.41) is 3.97. The van der Waals surface area contributed by atoms with Crippen LogP contribution in [-0.4, -0.2) is 22.7 Å². The summed E-state index contributed by atoms with van der Waals surface area (Å²) < 4.78 is 27.4. The number of nitrogens with zero attached hydrogens (tertiary/aromatic N) is 2. The lowest BCUT2D eigenvalue weighted by Crippen LogP contribution is -2.32. The third kappa shape index (κ3) is 3.42. The van der Waals surface area contributed by atoms with Gasteiger partial charge in [-0.2, -0.15) is 0 Å². The Morgan fingerprint density at radius 3 is 2.75 bits per heavy atom. The van der Waals surface area contributed by atoms with Gasteiger partial charge in [0.05, 0.1) is 20.7 Å². The maximum atomic E-state index is 13.9. The molecule has 2 aromatic rings. The molecule has 1 aliphatic heterocycles. The van der Waals surface area contributed by atoms with E-state index in [9.17, 15) is 18.4 Å². The number of thiophene rings is 1. The Labute approximate surface area is 148 Å². The average Bonchev–Trinajstić information content (AvgIpc) is 3.12. The number of amidine groups is 1. The van der Waals surface area contributed by atoms with Crippen LogP contribution in [0.25, 0.3) is 0 Å². The summed E-state index contributed by atoms with van der Waals surface area (Å²) in [4.78, 5) is 25.3. The van der Waals surface area contributed by atoms with Gasteiger partial charge in [-0.25, -0.2) is 14.2 Å². The molecule has 1 fully saturated rings. The van der Waals surface area contributed by atoms with Gasteiger partial charge in [0.25, 0.3) is 5.91 Å². The fraction of sp³-hybridized carbons (Fsp3) is 0.0714. The number of hydrazone groups is 1. The molecule has 124 valence electrons. The van der Waals surface area contributed by atoms with Crippen LogP contribution in [0.1, 0.15) is 9.67 Å². The first-order valence-electron chi connectivity index (χ1n) is 6.50. The number of thioether (sulfide) groups is 1. The lowest BCUT2D eigenvalue weighted by atomic mass is 10.2. The van der Waals surface area contributed by atoms with Crippen molar-refractivity contribution in [2.24, 2.45) is 5.10 Å². The first kappa shape index (κ1) is 16.9. The second-order valence-corrected chi connectivity index (χ2v) is 7.21. The number of halogens is 3. The molecular formula is C14H8ClF2N3O2S2. The first-order chi connectivity index (χ1) is 11.5. The average molecular weight is 388 g/mol. The molecule has 1 aliphatic rings. The number of benzene rings is 1. The van der Waals surface area contributed by atoms with Crippen molar-refractivity contribution in [1.29, 1.82) is 0 Å². The van der Waals surface area contributed by atoms with Crippen LogP contribution in [0.4, 0.5) is 14.5 Å². The number of nitrogens with one attached hydrogen (secondary N) is 1. The Morgan fingerprint density at radius 1 is 1.29 bits per heavy atom. The van der Waals surface area contributed by atoms with Gasteiger partial charge in [0, 0.05) is 6.07 Å². The van der Waals surface area contributed by atoms with E-state index in [1.165, 1.54) is 6.07 Å². The fourth-order valence-corrected chi connectivity index (χ4v) is 3.69. The van der Waals surface area contributed by atoms with Crippen LogP contribution in [0, 0.1) is 11.6 Å². The molecule has 0 saturated carbocycles. The van der Waals surface area contributed by atoms with Crippen LogP contribution in [0.15, 0.2) is 35.4 Å². The molecule has 24 heavy (non-hydrogen) atoms. The number of anilines is 1. The van der Waals surface area contributed by atoms with Gasteiger partial charge < -0.3 is 0 Å². The molecule has 3 rings (SSSR count). The Hall–Kier alpha value is -1.97. The van der Waals surface area contributed by atoms with Crippen molar-refractivity contribution in [3.05, 3.63) is 51.2 Å². The zero-order valence-electron chi connectivity index (χ0n) is 11.8. The van der Waals surface area contributed by atoms with Crippen LogP contribution in [0.3, 0.4) is 0 Å². The molecule has 0 radical (unpaired) electrons. The van der Waals surface area contributed by atoms with Crippen molar-refractivity contribution < 1.29 is 18.4 Å². The normalized spacial score (nSPS) is 16.0. The molecule has 0 unspecified atom stereocenters. The highest BCUT2D eigenvalue weighted by Crippen LogP contribution is 2.29. The number of hydrogen-bond acceptors (Lipinski definition) is 5. The van der Waals surface area contributed by atoms with E-state index in [-0.39, 0.29) is 16.6 Å². The minimum atomic E-state index is -0.894. The lowest BCUT2D eigenvalue weighted by molar-refractivity contribution is -0.115. The van der Waals surface area contributed by atoms with E-state index in [0.29, 0.717) is 15.3 Å². The molecule has 1 N–H and O–H groups in total. The molecule has 2 heterocycles. The Balaban J connectivity index is 1.83. The summed E-state index contributed by atoms with van der Waals surface area (Å²) in [5.74, 6) is -2.53. The SMILES string of the molecule is O=C(N/N=C1\SCC(=O)N1c1ccc(F)cc1F)c1ccc(Cl)s1. The van der Waals surface area contributed by atoms with Crippen molar-refractivity contribution in [2.75, 3.05) is 10.7 Å². The van der Waals surface area contributed by atoms with Crippen LogP contribution >= 0.6 is 34.7 Å². The third-order valence-corrected chi connectivity index (χ3v) is 5.12. The molecule has 0 spiro atoms. The quantitative estimate of drug-likeness (QED) is 0.820. The zero-order valence-corrected chi connectivity index (χ0v) is 14.1. The maximum Gasteiger partial charge on any atom is 0.281 e. The summed E-state index contributed by atoms with van der Waals surface area (Å²) in [6, 6.07) is 5.97. The molecule has 1 aromatic heterocycles. The smallest absolute Gasteiger partial charge is 0.273 e. The molecule has 1 saturated heterocycles. The van der Waals surface area contributed by atoms with Crippen molar-refractivity contribution in [2.45, 2.75) is 0 Å².